The van der Waals surface area contributed by atoms with Gasteiger partial charge in [-0.2, -0.15) is 11.6 Å². The zero-order valence-corrected chi connectivity index (χ0v) is 18.8. The third-order valence-corrected chi connectivity index (χ3v) is 3.89. The monoisotopic (exact) mass is 551 g/mol. The minimum absolute atomic E-state index is 0. The molecule has 3 aromatic rings. The number of aryl methyl sites for hydroxylation is 2. The summed E-state index contributed by atoms with van der Waals surface area (Å²) in [4.78, 5) is 4.20. The van der Waals surface area contributed by atoms with Crippen LogP contribution in [0, 0.1) is 57.2 Å². The Hall–Kier alpha value is -1.82. The summed E-state index contributed by atoms with van der Waals surface area (Å²) in [5, 5.41) is 0.967. The Morgan fingerprint density at radius 3 is 2.68 bits per heavy atom. The molecule has 3 heteroatoms. The van der Waals surface area contributed by atoms with E-state index in [1.54, 1.807) is 6.08 Å². The molecule has 0 saturated carbocycles. The van der Waals surface area contributed by atoms with Crippen LogP contribution in [0.3, 0.4) is 0 Å². The molecule has 0 saturated heterocycles. The predicted octanol–water partition coefficient (Wildman–Crippen LogP) is 5.86. The van der Waals surface area contributed by atoms with Crippen molar-refractivity contribution in [3.8, 4) is 11.3 Å². The first kappa shape index (κ1) is 19.5. The quantitative estimate of drug-likeness (QED) is 0.300. The van der Waals surface area contributed by atoms with Gasteiger partial charge in [0.2, 0.25) is 0 Å². The molecule has 1 aromatic carbocycles. The minimum Gasteiger partial charge on any atom is -0.563 e. The number of hydrogen-bond donors (Lipinski definition) is 0. The first-order chi connectivity index (χ1) is 11.6. The Morgan fingerprint density at radius 2 is 2.00 bits per heavy atom. The van der Waals surface area contributed by atoms with Gasteiger partial charge in [-0.05, 0) is 36.4 Å². The Kier molecular flexibility index (Phi) is 6.65. The molecule has 0 radical (unpaired) electrons. The molecule has 3 rings (SSSR count). The zero-order valence-electron chi connectivity index (χ0n) is 14.7. The fourth-order valence-corrected chi connectivity index (χ4v) is 2.60. The van der Waals surface area contributed by atoms with Gasteiger partial charge in [0.15, 0.2) is 0 Å². The summed E-state index contributed by atoms with van der Waals surface area (Å²) in [6.07, 6.45) is 10.7. The summed E-state index contributed by atoms with van der Waals surface area (Å²) in [7, 11) is 0. The molecule has 2 aromatic heterocycles. The molecular formula is C22H19NOU. The van der Waals surface area contributed by atoms with E-state index in [0.29, 0.717) is 5.76 Å². The van der Waals surface area contributed by atoms with Gasteiger partial charge in [0.1, 0.15) is 0 Å². The van der Waals surface area contributed by atoms with Crippen LogP contribution in [0.15, 0.2) is 59.6 Å². The van der Waals surface area contributed by atoms with E-state index in [-0.39, 0.29) is 31.1 Å². The molecule has 25 heavy (non-hydrogen) atoms. The number of aromatic nitrogens is 1. The number of hydrogen-bond acceptors (Lipinski definition) is 2. The van der Waals surface area contributed by atoms with Crippen LogP contribution < -0.4 is 0 Å². The average Bonchev–Trinajstić information content (AvgIpc) is 2.97. The van der Waals surface area contributed by atoms with Crippen LogP contribution in [-0.4, -0.2) is 4.98 Å². The van der Waals surface area contributed by atoms with Crippen molar-refractivity contribution in [2.75, 3.05) is 0 Å². The van der Waals surface area contributed by atoms with Gasteiger partial charge >= 0.3 is 31.1 Å². The summed E-state index contributed by atoms with van der Waals surface area (Å²) in [6.45, 7) is 9.81. The fraction of sp³-hybridized carbons (Fsp3) is 0.136. The van der Waals surface area contributed by atoms with Crippen LogP contribution in [-0.2, 0) is 0 Å². The zero-order chi connectivity index (χ0) is 17.1. The largest absolute Gasteiger partial charge is 2.00 e. The number of furan rings is 1. The maximum atomic E-state index is 5.98. The molecule has 0 aliphatic heterocycles. The number of allylic oxidation sites excluding steroid dienone is 5. The van der Waals surface area contributed by atoms with E-state index < -0.39 is 0 Å². The second-order valence-corrected chi connectivity index (χ2v) is 5.80. The molecule has 2 heterocycles. The van der Waals surface area contributed by atoms with Crippen LogP contribution in [0.1, 0.15) is 23.7 Å². The Labute approximate surface area is 172 Å². The average molecular weight is 551 g/mol. The van der Waals surface area contributed by atoms with Crippen molar-refractivity contribution in [3.05, 3.63) is 84.2 Å². The van der Waals surface area contributed by atoms with E-state index in [1.807, 2.05) is 31.2 Å². The molecule has 0 atom stereocenters. The van der Waals surface area contributed by atoms with Gasteiger partial charge in [0.05, 0.1) is 0 Å². The van der Waals surface area contributed by atoms with E-state index in [4.69, 9.17) is 4.42 Å². The first-order valence-corrected chi connectivity index (χ1v) is 7.87. The van der Waals surface area contributed by atoms with Gasteiger partial charge < -0.3 is 9.40 Å². The SMILES string of the molecule is C=C/C=C\C=C(/C)c1cc2oc(-c3[c-]nc(C)cc3)[c-]c2cc1C.[U+2]. The molecule has 0 aliphatic carbocycles. The second-order valence-electron chi connectivity index (χ2n) is 5.80. The number of benzene rings is 1. The molecule has 0 spiro atoms. The van der Waals surface area contributed by atoms with Gasteiger partial charge in [0.25, 0.3) is 0 Å². The number of fused-ring (bicyclic) bond motifs is 1. The third kappa shape index (κ3) is 4.43. The van der Waals surface area contributed by atoms with Gasteiger partial charge in [-0.25, -0.2) is 0 Å². The number of rotatable bonds is 4. The van der Waals surface area contributed by atoms with E-state index in [9.17, 15) is 0 Å². The van der Waals surface area contributed by atoms with Crippen LogP contribution in [0.25, 0.3) is 27.9 Å². The van der Waals surface area contributed by atoms with E-state index in [1.165, 1.54) is 11.1 Å². The predicted molar refractivity (Wildman–Crippen MR) is 99.6 cm³/mol. The van der Waals surface area contributed by atoms with Crippen molar-refractivity contribution in [2.24, 2.45) is 0 Å². The van der Waals surface area contributed by atoms with Crippen LogP contribution in [0.2, 0.25) is 0 Å². The van der Waals surface area contributed by atoms with Crippen molar-refractivity contribution >= 4 is 16.5 Å². The van der Waals surface area contributed by atoms with Crippen molar-refractivity contribution in [2.45, 2.75) is 20.8 Å². The van der Waals surface area contributed by atoms with Gasteiger partial charge in [-0.15, -0.1) is 23.6 Å². The Bertz CT molecular complexity index is 946. The molecular weight excluding hydrogens is 532 g/mol. The van der Waals surface area contributed by atoms with Crippen LogP contribution >= 0.6 is 0 Å². The van der Waals surface area contributed by atoms with Gasteiger partial charge in [-0.3, -0.25) is 0 Å². The van der Waals surface area contributed by atoms with Gasteiger partial charge in [-0.1, -0.05) is 55.6 Å². The summed E-state index contributed by atoms with van der Waals surface area (Å²) in [6, 6.07) is 11.4. The van der Waals surface area contributed by atoms with Crippen molar-refractivity contribution in [1.29, 1.82) is 0 Å². The fourth-order valence-electron chi connectivity index (χ4n) is 2.60. The van der Waals surface area contributed by atoms with Crippen LogP contribution in [0.5, 0.6) is 0 Å². The first-order valence-electron chi connectivity index (χ1n) is 7.87. The standard InChI is InChI=1S/C22H19NO.U/c1-5-6-7-8-15(2)20-13-22-19(11-16(20)3)12-21(24-22)18-10-9-17(4)23-14-18;/h5-11,13H,1H2,2-4H3;/q-2;+2/b7-6-,15-8+;. The van der Waals surface area contributed by atoms with E-state index in [2.05, 4.69) is 55.9 Å². The summed E-state index contributed by atoms with van der Waals surface area (Å²) < 4.78 is 5.98. The Morgan fingerprint density at radius 1 is 1.20 bits per heavy atom. The molecule has 0 fully saturated rings. The maximum absolute atomic E-state index is 5.98. The summed E-state index contributed by atoms with van der Waals surface area (Å²) in [5.74, 6) is 0.669. The maximum Gasteiger partial charge on any atom is 2.00 e. The molecule has 0 aliphatic rings. The van der Waals surface area contributed by atoms with Crippen molar-refractivity contribution in [3.63, 3.8) is 0 Å². The Balaban J connectivity index is 0.00000225. The molecule has 0 N–H and O–H groups in total. The topological polar surface area (TPSA) is 26.0 Å². The minimum atomic E-state index is 0. The van der Waals surface area contributed by atoms with E-state index in [0.717, 1.165) is 27.8 Å². The molecule has 0 amide bonds. The molecule has 0 unspecified atom stereocenters. The third-order valence-electron chi connectivity index (χ3n) is 3.89. The summed E-state index contributed by atoms with van der Waals surface area (Å²) in [5.41, 5.74) is 6.10. The molecule has 122 valence electrons. The second kappa shape index (κ2) is 8.52. The normalized spacial score (nSPS) is 11.7. The van der Waals surface area contributed by atoms with Crippen LogP contribution in [0.4, 0.5) is 0 Å². The van der Waals surface area contributed by atoms with Gasteiger partial charge in [0, 0.05) is 5.58 Å². The smallest absolute Gasteiger partial charge is 0.563 e. The van der Waals surface area contributed by atoms with Crippen molar-refractivity contribution in [1.82, 2.24) is 4.98 Å². The number of nitrogens with zero attached hydrogens (tertiary/aromatic N) is 1. The molecule has 2 nitrogen and oxygen atoms in total. The van der Waals surface area contributed by atoms with E-state index >= 15 is 0 Å². The number of pyridine rings is 1. The molecule has 0 bridgehead atoms. The summed E-state index contributed by atoms with van der Waals surface area (Å²) >= 11 is 0. The van der Waals surface area contributed by atoms with Crippen molar-refractivity contribution < 1.29 is 35.5 Å².